The lowest BCUT2D eigenvalue weighted by Gasteiger charge is -2.35. The number of nitrogens with two attached hydrogens (primary N) is 1. The van der Waals surface area contributed by atoms with E-state index in [0.29, 0.717) is 34.9 Å². The highest BCUT2D eigenvalue weighted by molar-refractivity contribution is 6.36. The van der Waals surface area contributed by atoms with Crippen LogP contribution in [0.25, 0.3) is 22.4 Å². The van der Waals surface area contributed by atoms with Crippen molar-refractivity contribution in [3.05, 3.63) is 88.4 Å². The van der Waals surface area contributed by atoms with E-state index in [4.69, 9.17) is 27.1 Å². The van der Waals surface area contributed by atoms with Gasteiger partial charge in [-0.3, -0.25) is 19.3 Å². The summed E-state index contributed by atoms with van der Waals surface area (Å²) in [5, 5.41) is 6.77. The third-order valence-corrected chi connectivity index (χ3v) is 12.7. The Morgan fingerprint density at radius 3 is 2.30 bits per heavy atom. The van der Waals surface area contributed by atoms with Crippen molar-refractivity contribution in [2.24, 2.45) is 17.6 Å². The number of aryl methyl sites for hydroxylation is 1. The molecule has 0 bridgehead atoms. The number of hydrogen-bond donors (Lipinski definition) is 3. The SMILES string of the molecule is C=C1N(C)C=C(C(=O)Nc2cccc(-c3cccc(-c4cc5c(c(OC)n4)C(C)CC5)c3Cl)c2C)C(=O)N1C.CC.CCC(C)CCC(CC)(CC)NC(=O)C(C)CCN. The van der Waals surface area contributed by atoms with Crippen molar-refractivity contribution in [3.8, 4) is 28.3 Å². The van der Waals surface area contributed by atoms with Crippen LogP contribution in [0.15, 0.2) is 66.6 Å². The number of nitrogens with zero attached hydrogens (tertiary/aromatic N) is 3. The number of likely N-dealkylation sites (N-methyl/N-ethyl adjacent to an activating group) is 1. The minimum absolute atomic E-state index is 0.0195. The number of halogens is 1. The molecule has 5 rings (SSSR count). The number of benzene rings is 2. The van der Waals surface area contributed by atoms with Crippen LogP contribution in [-0.2, 0) is 20.8 Å². The summed E-state index contributed by atoms with van der Waals surface area (Å²) in [6.45, 7) is 23.4. The van der Waals surface area contributed by atoms with Gasteiger partial charge in [0.2, 0.25) is 11.8 Å². The van der Waals surface area contributed by atoms with Crippen LogP contribution in [0.2, 0.25) is 5.02 Å². The van der Waals surface area contributed by atoms with Crippen molar-refractivity contribution in [1.82, 2.24) is 20.1 Å². The van der Waals surface area contributed by atoms with Gasteiger partial charge < -0.3 is 26.0 Å². The zero-order chi connectivity index (χ0) is 44.9. The van der Waals surface area contributed by atoms with Gasteiger partial charge in [0, 0.05) is 54.1 Å². The molecule has 1 aliphatic heterocycles. The Bertz CT molecular complexity index is 2010. The molecule has 2 aromatic carbocycles. The van der Waals surface area contributed by atoms with Gasteiger partial charge in [-0.25, -0.2) is 4.98 Å². The second kappa shape index (κ2) is 22.8. The van der Waals surface area contributed by atoms with Gasteiger partial charge in [-0.2, -0.15) is 0 Å². The van der Waals surface area contributed by atoms with Crippen LogP contribution in [0, 0.1) is 18.8 Å². The van der Waals surface area contributed by atoms with E-state index in [0.717, 1.165) is 72.4 Å². The van der Waals surface area contributed by atoms with Gasteiger partial charge in [-0.05, 0) is 99.1 Å². The van der Waals surface area contributed by atoms with Gasteiger partial charge in [0.05, 0.1) is 17.8 Å². The molecule has 0 saturated carbocycles. The molecule has 60 heavy (non-hydrogen) atoms. The van der Waals surface area contributed by atoms with Crippen LogP contribution in [0.5, 0.6) is 5.88 Å². The van der Waals surface area contributed by atoms with Crippen LogP contribution in [0.3, 0.4) is 0 Å². The number of pyridine rings is 1. The minimum atomic E-state index is -0.491. The van der Waals surface area contributed by atoms with E-state index in [1.165, 1.54) is 35.1 Å². The summed E-state index contributed by atoms with van der Waals surface area (Å²) >= 11 is 7.03. The van der Waals surface area contributed by atoms with Crippen molar-refractivity contribution in [3.63, 3.8) is 0 Å². The Balaban J connectivity index is 0.000000388. The van der Waals surface area contributed by atoms with Crippen LogP contribution in [-0.4, -0.2) is 65.8 Å². The van der Waals surface area contributed by atoms with Gasteiger partial charge in [0.1, 0.15) is 11.4 Å². The van der Waals surface area contributed by atoms with Gasteiger partial charge >= 0.3 is 0 Å². The number of aromatic nitrogens is 1. The van der Waals surface area contributed by atoms with E-state index >= 15 is 0 Å². The molecule has 1 aromatic heterocycles. The Morgan fingerprint density at radius 2 is 1.68 bits per heavy atom. The van der Waals surface area contributed by atoms with Crippen LogP contribution < -0.4 is 21.1 Å². The predicted molar refractivity (Wildman–Crippen MR) is 249 cm³/mol. The predicted octanol–water partition coefficient (Wildman–Crippen LogP) is 10.6. The summed E-state index contributed by atoms with van der Waals surface area (Å²) in [4.78, 5) is 45.9. The second-order valence-corrected chi connectivity index (χ2v) is 16.4. The summed E-state index contributed by atoms with van der Waals surface area (Å²) in [6, 6.07) is 13.6. The lowest BCUT2D eigenvalue weighted by Crippen LogP contribution is -2.49. The van der Waals surface area contributed by atoms with E-state index in [1.54, 1.807) is 26.1 Å². The van der Waals surface area contributed by atoms with Crippen LogP contribution in [0.1, 0.15) is 123 Å². The zero-order valence-corrected chi connectivity index (χ0v) is 39.1. The number of fused-ring (bicyclic) bond motifs is 1. The van der Waals surface area contributed by atoms with Crippen molar-refractivity contribution >= 4 is 35.0 Å². The zero-order valence-electron chi connectivity index (χ0n) is 38.4. The maximum absolute atomic E-state index is 13.1. The maximum Gasteiger partial charge on any atom is 0.266 e. The molecule has 0 saturated heterocycles. The average Bonchev–Trinajstić information content (AvgIpc) is 3.64. The van der Waals surface area contributed by atoms with E-state index in [1.807, 2.05) is 64.1 Å². The molecular weight excluding hydrogens is 772 g/mol. The largest absolute Gasteiger partial charge is 0.481 e. The molecule has 328 valence electrons. The number of methoxy groups -OCH3 is 1. The topological polar surface area (TPSA) is 130 Å². The summed E-state index contributed by atoms with van der Waals surface area (Å²) in [7, 11) is 4.99. The molecule has 3 atom stereocenters. The number of nitrogens with one attached hydrogen (secondary N) is 2. The van der Waals surface area contributed by atoms with Crippen molar-refractivity contribution in [1.29, 1.82) is 0 Å². The normalized spacial score (nSPS) is 15.8. The second-order valence-electron chi connectivity index (χ2n) is 16.1. The Hall–Kier alpha value is -4.67. The molecule has 0 fully saturated rings. The van der Waals surface area contributed by atoms with Gasteiger partial charge in [-0.1, -0.05) is 110 Å². The van der Waals surface area contributed by atoms with E-state index in [2.05, 4.69) is 57.9 Å². The van der Waals surface area contributed by atoms with Crippen molar-refractivity contribution < 1.29 is 19.1 Å². The van der Waals surface area contributed by atoms with Crippen LogP contribution in [0.4, 0.5) is 5.69 Å². The first kappa shape index (κ1) is 49.7. The molecule has 11 heteroatoms. The molecular formula is C49H71ClN6O4. The third kappa shape index (κ3) is 11.6. The number of amides is 3. The Kier molecular flexibility index (Phi) is 18.9. The maximum atomic E-state index is 13.1. The summed E-state index contributed by atoms with van der Waals surface area (Å²) in [5.74, 6) is 1.58. The number of carbonyl (C=O) groups excluding carboxylic acids is 3. The molecule has 0 spiro atoms. The highest BCUT2D eigenvalue weighted by Crippen LogP contribution is 2.43. The fourth-order valence-corrected chi connectivity index (χ4v) is 7.99. The summed E-state index contributed by atoms with van der Waals surface area (Å²) < 4.78 is 5.66. The average molecular weight is 844 g/mol. The number of anilines is 1. The third-order valence-electron chi connectivity index (χ3n) is 12.3. The number of hydrogen-bond acceptors (Lipinski definition) is 7. The Labute approximate surface area is 365 Å². The number of rotatable bonds is 15. The number of ether oxygens (including phenoxy) is 1. The van der Waals surface area contributed by atoms with Crippen LogP contribution >= 0.6 is 11.6 Å². The lowest BCUT2D eigenvalue weighted by atomic mass is 9.84. The van der Waals surface area contributed by atoms with E-state index in [-0.39, 0.29) is 22.9 Å². The van der Waals surface area contributed by atoms with Gasteiger partial charge in [0.15, 0.2) is 0 Å². The first-order valence-corrected chi connectivity index (χ1v) is 22.2. The molecule has 4 N–H and O–H groups in total. The lowest BCUT2D eigenvalue weighted by molar-refractivity contribution is -0.129. The highest BCUT2D eigenvalue weighted by atomic mass is 35.5. The molecule has 10 nitrogen and oxygen atoms in total. The minimum Gasteiger partial charge on any atom is -0.481 e. The van der Waals surface area contributed by atoms with Gasteiger partial charge in [-0.15, -0.1) is 0 Å². The first-order chi connectivity index (χ1) is 28.6. The fourth-order valence-electron chi connectivity index (χ4n) is 7.67. The molecule has 2 aliphatic rings. The first-order valence-electron chi connectivity index (χ1n) is 21.8. The fraction of sp³-hybridized carbons (Fsp3) is 0.510. The molecule has 3 unspecified atom stereocenters. The summed E-state index contributed by atoms with van der Waals surface area (Å²) in [6.07, 6.45) is 9.80. The van der Waals surface area contributed by atoms with E-state index < -0.39 is 11.8 Å². The molecule has 1 aliphatic carbocycles. The molecule has 3 amide bonds. The Morgan fingerprint density at radius 1 is 1.05 bits per heavy atom. The highest BCUT2D eigenvalue weighted by Gasteiger charge is 2.31. The molecule has 3 aromatic rings. The smallest absolute Gasteiger partial charge is 0.266 e. The number of carbonyl (C=O) groups is 3. The van der Waals surface area contributed by atoms with Crippen molar-refractivity contribution in [2.45, 2.75) is 125 Å². The molecule has 0 radical (unpaired) electrons. The monoisotopic (exact) mass is 843 g/mol. The molecule has 2 heterocycles. The standard InChI is InChI=1S/C31H31ClN4O3.C16H34N2O.C2H6/c1-17-13-14-20-15-26(34-30(39-6)27(17)20)23-11-7-10-22(28(23)32)21-9-8-12-25(18(21)2)33-29(37)24-16-35(4)19(3)36(5)31(24)38;1-6-13(4)9-11-16(7-2,8-3)18-15(19)14(5)10-12-17;1-2/h7-12,15-17H,3,13-14H2,1-2,4-6H3,(H,33,37);13-14H,6-12,17H2,1-5H3,(H,18,19);1-2H3. The quantitative estimate of drug-likeness (QED) is 0.130. The van der Waals surface area contributed by atoms with Crippen molar-refractivity contribution in [2.75, 3.05) is 33.1 Å². The van der Waals surface area contributed by atoms with Gasteiger partial charge in [0.25, 0.3) is 11.8 Å². The van der Waals surface area contributed by atoms with E-state index in [9.17, 15) is 14.4 Å². The summed E-state index contributed by atoms with van der Waals surface area (Å²) in [5.41, 5.74) is 12.7.